The molecule has 0 amide bonds. The predicted octanol–water partition coefficient (Wildman–Crippen LogP) is 2.65. The maximum Gasteiger partial charge on any atom is 0.308 e. The van der Waals surface area contributed by atoms with Crippen molar-refractivity contribution in [2.24, 2.45) is 0 Å². The number of ether oxygens (including phenoxy) is 1. The zero-order chi connectivity index (χ0) is 10.8. The summed E-state index contributed by atoms with van der Waals surface area (Å²) < 4.78 is 10.0. The van der Waals surface area contributed by atoms with Gasteiger partial charge < -0.3 is 9.26 Å². The number of esters is 1. The maximum atomic E-state index is 10.8. The Bertz CT molecular complexity index is 506. The van der Waals surface area contributed by atoms with E-state index >= 15 is 0 Å². The summed E-state index contributed by atoms with van der Waals surface area (Å²) in [5, 5.41) is 5.32. The first-order valence-electron chi connectivity index (χ1n) is 4.33. The molecule has 0 aliphatic heterocycles. The highest BCUT2D eigenvalue weighted by atomic mass is 79.9. The molecule has 2 rings (SSSR count). The van der Waals surface area contributed by atoms with E-state index in [1.54, 1.807) is 18.2 Å². The van der Waals surface area contributed by atoms with Crippen molar-refractivity contribution in [1.82, 2.24) is 5.16 Å². The topological polar surface area (TPSA) is 52.3 Å². The van der Waals surface area contributed by atoms with Gasteiger partial charge in [-0.25, -0.2) is 0 Å². The number of halogens is 1. The number of aromatic nitrogens is 1. The van der Waals surface area contributed by atoms with Gasteiger partial charge in [-0.2, -0.15) is 0 Å². The van der Waals surface area contributed by atoms with Crippen molar-refractivity contribution < 1.29 is 14.1 Å². The molecule has 0 bridgehead atoms. The van der Waals surface area contributed by atoms with Gasteiger partial charge in [0.05, 0.1) is 0 Å². The first-order valence-corrected chi connectivity index (χ1v) is 5.45. The number of carbonyl (C=O) groups is 1. The highest BCUT2D eigenvalue weighted by molar-refractivity contribution is 9.08. The normalized spacial score (nSPS) is 10.5. The van der Waals surface area contributed by atoms with Crippen LogP contribution in [-0.4, -0.2) is 11.1 Å². The molecule has 1 aromatic heterocycles. The molecular formula is C10H8BrNO3. The number of hydrogen-bond acceptors (Lipinski definition) is 4. The van der Waals surface area contributed by atoms with Crippen LogP contribution in [0, 0.1) is 0 Å². The van der Waals surface area contributed by atoms with Gasteiger partial charge in [-0.1, -0.05) is 21.1 Å². The lowest BCUT2D eigenvalue weighted by molar-refractivity contribution is -0.131. The third-order valence-corrected chi connectivity index (χ3v) is 2.44. The molecule has 2 aromatic rings. The van der Waals surface area contributed by atoms with Crippen LogP contribution in [0.2, 0.25) is 0 Å². The van der Waals surface area contributed by atoms with E-state index in [0.717, 1.165) is 11.1 Å². The minimum atomic E-state index is -0.341. The van der Waals surface area contributed by atoms with Gasteiger partial charge in [0.2, 0.25) is 0 Å². The van der Waals surface area contributed by atoms with Crippen molar-refractivity contribution >= 4 is 32.9 Å². The summed E-state index contributed by atoms with van der Waals surface area (Å²) in [6.07, 6.45) is 0. The molecule has 1 heterocycles. The first-order chi connectivity index (χ1) is 7.20. The molecule has 15 heavy (non-hydrogen) atoms. The Hall–Kier alpha value is -1.36. The van der Waals surface area contributed by atoms with Gasteiger partial charge in [0.25, 0.3) is 0 Å². The van der Waals surface area contributed by atoms with E-state index in [-0.39, 0.29) is 5.97 Å². The monoisotopic (exact) mass is 269 g/mol. The van der Waals surface area contributed by atoms with Crippen molar-refractivity contribution in [3.8, 4) is 5.75 Å². The van der Waals surface area contributed by atoms with E-state index in [4.69, 9.17) is 9.26 Å². The smallest absolute Gasteiger partial charge is 0.308 e. The summed E-state index contributed by atoms with van der Waals surface area (Å²) in [5.41, 5.74) is 1.47. The Kier molecular flexibility index (Phi) is 2.73. The average Bonchev–Trinajstić information content (AvgIpc) is 2.59. The molecule has 0 atom stereocenters. The third-order valence-electron chi connectivity index (χ3n) is 1.90. The average molecular weight is 270 g/mol. The molecule has 0 aliphatic rings. The van der Waals surface area contributed by atoms with E-state index in [0.29, 0.717) is 16.7 Å². The van der Waals surface area contributed by atoms with E-state index in [1.165, 1.54) is 6.92 Å². The third kappa shape index (κ3) is 2.02. The van der Waals surface area contributed by atoms with Crippen molar-refractivity contribution in [3.63, 3.8) is 0 Å². The van der Waals surface area contributed by atoms with Crippen LogP contribution in [0.1, 0.15) is 12.6 Å². The Morgan fingerprint density at radius 3 is 3.07 bits per heavy atom. The molecule has 0 aliphatic carbocycles. The van der Waals surface area contributed by atoms with Crippen LogP contribution in [0.25, 0.3) is 11.0 Å². The fraction of sp³-hybridized carbons (Fsp3) is 0.200. The van der Waals surface area contributed by atoms with E-state index in [1.807, 2.05) is 0 Å². The number of alkyl halides is 1. The number of rotatable bonds is 2. The SMILES string of the molecule is CC(=O)Oc1ccc2onc(CBr)c2c1. The second-order valence-corrected chi connectivity index (χ2v) is 3.58. The largest absolute Gasteiger partial charge is 0.427 e. The molecule has 0 saturated heterocycles. The lowest BCUT2D eigenvalue weighted by atomic mass is 10.2. The molecule has 78 valence electrons. The van der Waals surface area contributed by atoms with Crippen LogP contribution in [0.3, 0.4) is 0 Å². The molecule has 0 radical (unpaired) electrons. The van der Waals surface area contributed by atoms with Crippen molar-refractivity contribution in [1.29, 1.82) is 0 Å². The summed E-state index contributed by atoms with van der Waals surface area (Å²) in [7, 11) is 0. The fourth-order valence-corrected chi connectivity index (χ4v) is 1.70. The molecule has 0 unspecified atom stereocenters. The van der Waals surface area contributed by atoms with E-state index in [9.17, 15) is 4.79 Å². The van der Waals surface area contributed by atoms with Crippen molar-refractivity contribution in [2.45, 2.75) is 12.3 Å². The minimum Gasteiger partial charge on any atom is -0.427 e. The van der Waals surface area contributed by atoms with Crippen LogP contribution in [0.4, 0.5) is 0 Å². The van der Waals surface area contributed by atoms with E-state index < -0.39 is 0 Å². The zero-order valence-electron chi connectivity index (χ0n) is 7.99. The number of hydrogen-bond donors (Lipinski definition) is 0. The zero-order valence-corrected chi connectivity index (χ0v) is 9.58. The molecular weight excluding hydrogens is 262 g/mol. The lowest BCUT2D eigenvalue weighted by Gasteiger charge is -1.99. The van der Waals surface area contributed by atoms with Crippen molar-refractivity contribution in [3.05, 3.63) is 23.9 Å². The molecule has 4 nitrogen and oxygen atoms in total. The summed E-state index contributed by atoms with van der Waals surface area (Å²) in [5.74, 6) is 0.159. The van der Waals surface area contributed by atoms with Gasteiger partial charge >= 0.3 is 5.97 Å². The lowest BCUT2D eigenvalue weighted by Crippen LogP contribution is -2.00. The molecule has 0 fully saturated rings. The second-order valence-electron chi connectivity index (χ2n) is 3.01. The Labute approximate surface area is 94.3 Å². The van der Waals surface area contributed by atoms with Gasteiger partial charge in [-0.05, 0) is 18.2 Å². The van der Waals surface area contributed by atoms with Crippen molar-refractivity contribution in [2.75, 3.05) is 0 Å². The highest BCUT2D eigenvalue weighted by Gasteiger charge is 2.08. The second kappa shape index (κ2) is 4.02. The molecule has 0 N–H and O–H groups in total. The van der Waals surface area contributed by atoms with Crippen LogP contribution in [0.5, 0.6) is 5.75 Å². The summed E-state index contributed by atoms with van der Waals surface area (Å²) in [6.45, 7) is 1.36. The van der Waals surface area contributed by atoms with Gasteiger partial charge in [0.15, 0.2) is 5.58 Å². The summed E-state index contributed by atoms with van der Waals surface area (Å²) in [6, 6.07) is 5.14. The highest BCUT2D eigenvalue weighted by Crippen LogP contribution is 2.25. The van der Waals surface area contributed by atoms with Gasteiger partial charge in [-0.15, -0.1) is 0 Å². The molecule has 1 aromatic carbocycles. The fourth-order valence-electron chi connectivity index (χ4n) is 1.29. The molecule has 5 heteroatoms. The Balaban J connectivity index is 2.47. The van der Waals surface area contributed by atoms with E-state index in [2.05, 4.69) is 21.1 Å². The predicted molar refractivity (Wildman–Crippen MR) is 57.9 cm³/mol. The maximum absolute atomic E-state index is 10.8. The Morgan fingerprint density at radius 2 is 2.40 bits per heavy atom. The number of benzene rings is 1. The van der Waals surface area contributed by atoms with Gasteiger partial charge in [-0.3, -0.25) is 4.79 Å². The van der Waals surface area contributed by atoms with Crippen LogP contribution in [0.15, 0.2) is 22.7 Å². The standard InChI is InChI=1S/C10H8BrNO3/c1-6(13)14-7-2-3-10-8(4-7)9(5-11)12-15-10/h2-4H,5H2,1H3. The first kappa shape index (κ1) is 10.2. The van der Waals surface area contributed by atoms with Crippen LogP contribution >= 0.6 is 15.9 Å². The number of carbonyl (C=O) groups excluding carboxylic acids is 1. The number of fused-ring (bicyclic) bond motifs is 1. The summed E-state index contributed by atoms with van der Waals surface area (Å²) >= 11 is 3.30. The molecule has 0 saturated carbocycles. The van der Waals surface area contributed by atoms with Crippen LogP contribution in [-0.2, 0) is 10.1 Å². The molecule has 0 spiro atoms. The van der Waals surface area contributed by atoms with Gasteiger partial charge in [0, 0.05) is 17.6 Å². The minimum absolute atomic E-state index is 0.341. The quantitative estimate of drug-likeness (QED) is 0.478. The Morgan fingerprint density at radius 1 is 1.60 bits per heavy atom. The number of nitrogens with zero attached hydrogens (tertiary/aromatic N) is 1. The van der Waals surface area contributed by atoms with Gasteiger partial charge in [0.1, 0.15) is 11.4 Å². The summed E-state index contributed by atoms with van der Waals surface area (Å²) in [4.78, 5) is 10.8. The van der Waals surface area contributed by atoms with Crippen LogP contribution < -0.4 is 4.74 Å².